The Hall–Kier alpha value is -6.78. The van der Waals surface area contributed by atoms with Crippen LogP contribution in [0.1, 0.15) is 136 Å². The monoisotopic (exact) mass is 1060 g/mol. The van der Waals surface area contributed by atoms with Crippen LogP contribution in [0.25, 0.3) is 39.0 Å². The van der Waals surface area contributed by atoms with Gasteiger partial charge in [0, 0.05) is 29.4 Å². The number of ether oxygens (including phenoxy) is 2. The summed E-state index contributed by atoms with van der Waals surface area (Å²) < 4.78 is 43.7. The second-order valence-corrected chi connectivity index (χ2v) is 23.1. The van der Waals surface area contributed by atoms with Crippen LogP contribution in [0.3, 0.4) is 0 Å². The minimum Gasteiger partial charge on any atom is -0.453 e. The summed E-state index contributed by atoms with van der Waals surface area (Å²) in [7, 11) is 2.50. The van der Waals surface area contributed by atoms with Gasteiger partial charge in [-0.2, -0.15) is 8.78 Å². The van der Waals surface area contributed by atoms with Crippen LogP contribution >= 0.6 is 0 Å². The Morgan fingerprint density at radius 3 is 2.01 bits per heavy atom. The van der Waals surface area contributed by atoms with Crippen molar-refractivity contribution in [1.29, 1.82) is 0 Å². The van der Waals surface area contributed by atoms with Crippen LogP contribution in [-0.2, 0) is 29.8 Å². The van der Waals surface area contributed by atoms with E-state index in [1.165, 1.54) is 14.2 Å². The minimum atomic E-state index is -3.32. The number of likely N-dealkylation sites (tertiary alicyclic amines) is 1. The number of aromatic nitrogens is 2. The van der Waals surface area contributed by atoms with Gasteiger partial charge in [0.1, 0.15) is 23.9 Å². The minimum absolute atomic E-state index is 0.0142. The van der Waals surface area contributed by atoms with Crippen molar-refractivity contribution in [3.8, 4) is 22.3 Å². The molecule has 77 heavy (non-hydrogen) atoms. The van der Waals surface area contributed by atoms with Gasteiger partial charge in [-0.25, -0.2) is 14.6 Å². The average molecular weight is 1060 g/mol. The van der Waals surface area contributed by atoms with Crippen molar-refractivity contribution in [1.82, 2.24) is 41.0 Å². The number of carbonyl (C=O) groups is 5. The maximum Gasteiger partial charge on any atom is 0.407 e. The number of aromatic amines is 1. The fourth-order valence-electron chi connectivity index (χ4n) is 12.0. The molecule has 8 rings (SSSR count). The third kappa shape index (κ3) is 11.5. The fourth-order valence-corrected chi connectivity index (χ4v) is 12.0. The molecule has 3 fully saturated rings. The van der Waals surface area contributed by atoms with E-state index >= 15 is 8.78 Å². The number of alkyl carbamates (subject to hydrolysis) is 2. The summed E-state index contributed by atoms with van der Waals surface area (Å²) in [4.78, 5) is 79.5. The van der Waals surface area contributed by atoms with Crippen LogP contribution in [0.5, 0.6) is 0 Å². The summed E-state index contributed by atoms with van der Waals surface area (Å²) in [5.74, 6) is -4.02. The Kier molecular flexibility index (Phi) is 16.6. The molecular formula is C60H78F2N8O7. The first-order valence-corrected chi connectivity index (χ1v) is 27.4. The fraction of sp³-hybridized carbons (Fsp3) is 0.533. The Bertz CT molecular complexity index is 2930. The molecule has 15 nitrogen and oxygen atoms in total. The molecule has 17 heteroatoms. The van der Waals surface area contributed by atoms with Crippen molar-refractivity contribution in [2.75, 3.05) is 20.8 Å². The van der Waals surface area contributed by atoms with Gasteiger partial charge in [-0.15, -0.1) is 6.58 Å². The first-order chi connectivity index (χ1) is 36.5. The second-order valence-electron chi connectivity index (χ2n) is 23.1. The topological polar surface area (TPSA) is 187 Å². The number of allylic oxidation sites excluding steroid dienone is 1. The summed E-state index contributed by atoms with van der Waals surface area (Å²) in [6.45, 7) is 21.7. The second kappa shape index (κ2) is 22.7. The lowest BCUT2D eigenvalue weighted by molar-refractivity contribution is -0.142. The summed E-state index contributed by atoms with van der Waals surface area (Å²) in [5, 5.41) is 12.0. The number of H-pyrrole nitrogens is 1. The molecule has 5 N–H and O–H groups in total. The summed E-state index contributed by atoms with van der Waals surface area (Å²) in [6.07, 6.45) is 8.11. The molecule has 4 aliphatic rings. The molecule has 1 aliphatic heterocycles. The lowest BCUT2D eigenvalue weighted by atomic mass is 9.94. The van der Waals surface area contributed by atoms with Gasteiger partial charge in [0.15, 0.2) is 0 Å². The molecule has 1 saturated heterocycles. The lowest BCUT2D eigenvalue weighted by Crippen LogP contribution is -2.58. The highest BCUT2D eigenvalue weighted by atomic mass is 19.3. The number of rotatable bonds is 19. The van der Waals surface area contributed by atoms with E-state index in [1.807, 2.05) is 93.8 Å². The molecule has 1 aromatic heterocycles. The van der Waals surface area contributed by atoms with Crippen LogP contribution < -0.4 is 21.3 Å². The molecule has 5 amide bonds. The van der Waals surface area contributed by atoms with Gasteiger partial charge in [-0.3, -0.25) is 14.4 Å². The number of carbonyl (C=O) groups excluding carboxylic acids is 5. The van der Waals surface area contributed by atoms with E-state index in [4.69, 9.17) is 14.5 Å². The number of amides is 5. The van der Waals surface area contributed by atoms with Crippen LogP contribution in [0.15, 0.2) is 73.3 Å². The average Bonchev–Trinajstić information content (AvgIpc) is 3.96. The number of imidazole rings is 1. The Balaban J connectivity index is 1.03. The molecule has 3 aromatic carbocycles. The SMILES string of the molecule is C=CCC(N/C(=C\C)c1ccc2c(c1)C(F)(F)c1cc(-c3ccc4nc(C(C)N(C(=O)C(NC(=O)C(NC(=O)OC)C(C)C)C(C)C)C5CCC(C)C5)[nH]c4c3)ccc1-2)C1CC2(CC2)CN1C(=O)C(NC(=O)OC)C(C)C. The van der Waals surface area contributed by atoms with Gasteiger partial charge < -0.3 is 45.5 Å². The number of alkyl halides is 2. The Labute approximate surface area is 451 Å². The van der Waals surface area contributed by atoms with Gasteiger partial charge in [-0.05, 0) is 140 Å². The maximum absolute atomic E-state index is 17.0. The largest absolute Gasteiger partial charge is 0.453 e. The van der Waals surface area contributed by atoms with E-state index in [0.29, 0.717) is 69.3 Å². The molecule has 0 bridgehead atoms. The first kappa shape index (κ1) is 56.4. The lowest BCUT2D eigenvalue weighted by Gasteiger charge is -2.38. The smallest absolute Gasteiger partial charge is 0.407 e. The normalized spacial score (nSPS) is 21.0. The molecule has 4 aromatic rings. The number of benzene rings is 3. The van der Waals surface area contributed by atoms with Gasteiger partial charge in [0.05, 0.1) is 43.4 Å². The number of nitrogens with zero attached hydrogens (tertiary/aromatic N) is 3. The Morgan fingerprint density at radius 2 is 1.43 bits per heavy atom. The van der Waals surface area contributed by atoms with Gasteiger partial charge in [-0.1, -0.05) is 91.0 Å². The van der Waals surface area contributed by atoms with E-state index < -0.39 is 48.2 Å². The number of nitrogens with one attached hydrogen (secondary N) is 5. The standard InChI is InChI=1S/C60H78F2N8O7/c1-13-15-47(49-30-59(24-25-59)31-69(49)55(72)51(33(5)6)68-58(75)77-12)63-45(14-2)39-18-22-42-41-21-17-37(27-43(41)60(61,62)44(42)28-39)38-19-23-46-48(29-38)65-53(64-46)36(10)70(40-20-16-35(9)26-40)56(73)52(34(7)8)66-54(71)50(32(3)4)67-57(74)76-11/h13-14,17-19,21-23,27-29,32-36,40,47,49-52,63H,1,15-16,20,24-26,30-31H2,2-12H3,(H,64,65)(H,66,71)(H,67,74)(H,68,75)/b45-14-. The molecule has 414 valence electrons. The summed E-state index contributed by atoms with van der Waals surface area (Å²) in [5.41, 5.74) is 4.61. The zero-order valence-corrected chi connectivity index (χ0v) is 46.5. The molecular weight excluding hydrogens is 983 g/mol. The van der Waals surface area contributed by atoms with E-state index in [9.17, 15) is 24.0 Å². The molecule has 2 saturated carbocycles. The third-order valence-electron chi connectivity index (χ3n) is 16.6. The summed E-state index contributed by atoms with van der Waals surface area (Å²) in [6, 6.07) is 12.2. The van der Waals surface area contributed by atoms with Crippen LogP contribution in [0.2, 0.25) is 0 Å². The van der Waals surface area contributed by atoms with Crippen molar-refractivity contribution >= 4 is 46.6 Å². The zero-order chi connectivity index (χ0) is 55.8. The van der Waals surface area contributed by atoms with Crippen LogP contribution in [0.4, 0.5) is 18.4 Å². The molecule has 3 aliphatic carbocycles. The van der Waals surface area contributed by atoms with Gasteiger partial charge >= 0.3 is 12.2 Å². The number of fused-ring (bicyclic) bond motifs is 4. The molecule has 1 spiro atoms. The molecule has 0 radical (unpaired) electrons. The Morgan fingerprint density at radius 1 is 0.818 bits per heavy atom. The number of hydrogen-bond donors (Lipinski definition) is 5. The van der Waals surface area contributed by atoms with E-state index in [0.717, 1.165) is 38.5 Å². The molecule has 2 heterocycles. The van der Waals surface area contributed by atoms with Gasteiger partial charge in [0.25, 0.3) is 5.92 Å². The highest BCUT2D eigenvalue weighted by Gasteiger charge is 2.56. The first-order valence-electron chi connectivity index (χ1n) is 27.4. The predicted molar refractivity (Wildman–Crippen MR) is 294 cm³/mol. The van der Waals surface area contributed by atoms with Crippen molar-refractivity contribution in [3.05, 3.63) is 95.8 Å². The molecule has 8 unspecified atom stereocenters. The molecule has 8 atom stereocenters. The van der Waals surface area contributed by atoms with Crippen LogP contribution in [-0.4, -0.2) is 107 Å². The van der Waals surface area contributed by atoms with Crippen LogP contribution in [0, 0.1) is 29.1 Å². The quantitative estimate of drug-likeness (QED) is 0.0570. The highest BCUT2D eigenvalue weighted by Crippen LogP contribution is 2.56. The van der Waals surface area contributed by atoms with Crippen molar-refractivity contribution < 1.29 is 42.2 Å². The van der Waals surface area contributed by atoms with E-state index in [-0.39, 0.29) is 64.2 Å². The van der Waals surface area contributed by atoms with E-state index in [2.05, 4.69) is 39.8 Å². The predicted octanol–water partition coefficient (Wildman–Crippen LogP) is 10.6. The van der Waals surface area contributed by atoms with Gasteiger partial charge in [0.2, 0.25) is 17.7 Å². The summed E-state index contributed by atoms with van der Waals surface area (Å²) >= 11 is 0. The zero-order valence-electron chi connectivity index (χ0n) is 46.5. The third-order valence-corrected chi connectivity index (χ3v) is 16.6. The van der Waals surface area contributed by atoms with E-state index in [1.54, 1.807) is 38.1 Å². The highest BCUT2D eigenvalue weighted by molar-refractivity contribution is 5.92. The van der Waals surface area contributed by atoms with Crippen molar-refractivity contribution in [2.24, 2.45) is 29.1 Å². The van der Waals surface area contributed by atoms with Crippen molar-refractivity contribution in [2.45, 2.75) is 155 Å². The maximum atomic E-state index is 17.0. The number of hydrogen-bond acceptors (Lipinski definition) is 9. The van der Waals surface area contributed by atoms with Crippen molar-refractivity contribution in [3.63, 3.8) is 0 Å². The number of halogens is 2. The number of methoxy groups -OCH3 is 2.